The quantitative estimate of drug-likeness (QED) is 0.522. The number of hydrogen-bond acceptors (Lipinski definition) is 8. The number of ether oxygens (including phenoxy) is 2. The lowest BCUT2D eigenvalue weighted by Gasteiger charge is -2.11. The van der Waals surface area contributed by atoms with Gasteiger partial charge in [-0.15, -0.1) is 0 Å². The summed E-state index contributed by atoms with van der Waals surface area (Å²) in [4.78, 5) is 4.37. The average molecular weight is 457 g/mol. The number of anilines is 1. The average Bonchev–Trinajstić information content (AvgIpc) is 3.22. The third kappa shape index (κ3) is 4.85. The fourth-order valence-electron chi connectivity index (χ4n) is 2.98. The summed E-state index contributed by atoms with van der Waals surface area (Å²) < 4.78 is 41.9. The lowest BCUT2D eigenvalue weighted by molar-refractivity contribution is 0.354. The first-order valence-electron chi connectivity index (χ1n) is 9.68. The van der Waals surface area contributed by atoms with Gasteiger partial charge in [-0.25, -0.2) is 12.7 Å². The zero-order valence-electron chi connectivity index (χ0n) is 18.2. The van der Waals surface area contributed by atoms with Crippen LogP contribution in [-0.2, 0) is 16.4 Å². The molecule has 3 rings (SSSR count). The highest BCUT2D eigenvalue weighted by atomic mass is 32.2. The van der Waals surface area contributed by atoms with Crippen molar-refractivity contribution in [1.82, 2.24) is 9.29 Å². The standard InChI is InChI=1S/C22H24N4O5S/c1-26(2)32(27,28)17-8-6-16(7-9-17)21-25-18(14-23)22(31-21)24-12-11-15-5-10-19(29-3)20(13-15)30-4/h5-10,13,24H,11-12H2,1-4H3. The van der Waals surface area contributed by atoms with Gasteiger partial charge in [-0.05, 0) is 48.4 Å². The lowest BCUT2D eigenvalue weighted by atomic mass is 10.1. The third-order valence-corrected chi connectivity index (χ3v) is 6.59. The van der Waals surface area contributed by atoms with Gasteiger partial charge >= 0.3 is 0 Å². The number of benzene rings is 2. The van der Waals surface area contributed by atoms with Gasteiger partial charge < -0.3 is 19.2 Å². The smallest absolute Gasteiger partial charge is 0.242 e. The molecule has 0 fully saturated rings. The van der Waals surface area contributed by atoms with Crippen LogP contribution in [0.5, 0.6) is 11.5 Å². The highest BCUT2D eigenvalue weighted by Crippen LogP contribution is 2.29. The number of methoxy groups -OCH3 is 2. The molecule has 2 aromatic carbocycles. The van der Waals surface area contributed by atoms with Crippen LogP contribution in [0.3, 0.4) is 0 Å². The molecule has 0 saturated heterocycles. The molecule has 0 aliphatic carbocycles. The Kier molecular flexibility index (Phi) is 7.02. The predicted octanol–water partition coefficient (Wildman–Crippen LogP) is 3.14. The van der Waals surface area contributed by atoms with E-state index in [1.165, 1.54) is 26.2 Å². The van der Waals surface area contributed by atoms with E-state index in [9.17, 15) is 13.7 Å². The minimum atomic E-state index is -3.53. The molecule has 0 aliphatic rings. The fourth-order valence-corrected chi connectivity index (χ4v) is 3.88. The summed E-state index contributed by atoms with van der Waals surface area (Å²) >= 11 is 0. The Morgan fingerprint density at radius 2 is 1.78 bits per heavy atom. The molecule has 1 N–H and O–H groups in total. The summed E-state index contributed by atoms with van der Waals surface area (Å²) in [5.74, 6) is 1.78. The Hall–Kier alpha value is -3.55. The predicted molar refractivity (Wildman–Crippen MR) is 119 cm³/mol. The van der Waals surface area contributed by atoms with Gasteiger partial charge in [0.25, 0.3) is 0 Å². The van der Waals surface area contributed by atoms with Crippen LogP contribution in [0.15, 0.2) is 51.8 Å². The SMILES string of the molecule is COc1ccc(CCNc2oc(-c3ccc(S(=O)(=O)N(C)C)cc3)nc2C#N)cc1OC. The highest BCUT2D eigenvalue weighted by Gasteiger charge is 2.19. The number of oxazole rings is 1. The van der Waals surface area contributed by atoms with Gasteiger partial charge in [0.05, 0.1) is 19.1 Å². The molecule has 3 aromatic rings. The molecule has 0 aliphatic heterocycles. The number of nitrogens with zero attached hydrogens (tertiary/aromatic N) is 3. The van der Waals surface area contributed by atoms with E-state index in [1.807, 2.05) is 24.3 Å². The molecule has 10 heteroatoms. The van der Waals surface area contributed by atoms with Crippen LogP contribution >= 0.6 is 0 Å². The monoisotopic (exact) mass is 456 g/mol. The van der Waals surface area contributed by atoms with Crippen molar-refractivity contribution in [1.29, 1.82) is 5.26 Å². The number of nitrogens with one attached hydrogen (secondary N) is 1. The third-order valence-electron chi connectivity index (χ3n) is 4.76. The maximum absolute atomic E-state index is 12.2. The zero-order valence-corrected chi connectivity index (χ0v) is 19.1. The van der Waals surface area contributed by atoms with E-state index >= 15 is 0 Å². The van der Waals surface area contributed by atoms with Gasteiger partial charge in [0.15, 0.2) is 11.5 Å². The van der Waals surface area contributed by atoms with Gasteiger partial charge in [-0.1, -0.05) is 6.07 Å². The number of rotatable bonds is 9. The molecule has 0 unspecified atom stereocenters. The van der Waals surface area contributed by atoms with Gasteiger partial charge in [-0.2, -0.15) is 10.2 Å². The van der Waals surface area contributed by atoms with E-state index in [2.05, 4.69) is 10.3 Å². The molecular weight excluding hydrogens is 432 g/mol. The van der Waals surface area contributed by atoms with Gasteiger partial charge in [-0.3, -0.25) is 0 Å². The van der Waals surface area contributed by atoms with Crippen molar-refractivity contribution in [3.05, 3.63) is 53.7 Å². The molecule has 9 nitrogen and oxygen atoms in total. The van der Waals surface area contributed by atoms with Crippen molar-refractivity contribution < 1.29 is 22.3 Å². The molecule has 0 saturated carbocycles. The van der Waals surface area contributed by atoms with Crippen molar-refractivity contribution in [3.8, 4) is 29.0 Å². The molecule has 32 heavy (non-hydrogen) atoms. The molecule has 168 valence electrons. The molecule has 1 aromatic heterocycles. The summed E-state index contributed by atoms with van der Waals surface area (Å²) in [6, 6.07) is 13.8. The van der Waals surface area contributed by atoms with E-state index in [-0.39, 0.29) is 22.4 Å². The minimum Gasteiger partial charge on any atom is -0.493 e. The van der Waals surface area contributed by atoms with Crippen molar-refractivity contribution in [2.75, 3.05) is 40.2 Å². The van der Waals surface area contributed by atoms with Gasteiger partial charge in [0, 0.05) is 26.2 Å². The van der Waals surface area contributed by atoms with Crippen LogP contribution in [0.2, 0.25) is 0 Å². The van der Waals surface area contributed by atoms with Gasteiger partial charge in [0.1, 0.15) is 6.07 Å². The largest absolute Gasteiger partial charge is 0.493 e. The van der Waals surface area contributed by atoms with Crippen molar-refractivity contribution in [2.24, 2.45) is 0 Å². The summed E-state index contributed by atoms with van der Waals surface area (Å²) in [5.41, 5.74) is 1.70. The Labute approximate surface area is 187 Å². The Morgan fingerprint density at radius 1 is 1.09 bits per heavy atom. The van der Waals surface area contributed by atoms with E-state index in [1.54, 1.807) is 26.4 Å². The van der Waals surface area contributed by atoms with Crippen molar-refractivity contribution in [2.45, 2.75) is 11.3 Å². The van der Waals surface area contributed by atoms with Crippen LogP contribution in [0.25, 0.3) is 11.5 Å². The zero-order chi connectivity index (χ0) is 23.3. The first kappa shape index (κ1) is 23.1. The first-order chi connectivity index (χ1) is 15.3. The van der Waals surface area contributed by atoms with E-state index in [4.69, 9.17) is 13.9 Å². The molecule has 0 atom stereocenters. The Morgan fingerprint density at radius 3 is 2.38 bits per heavy atom. The number of nitriles is 1. The molecule has 0 spiro atoms. The van der Waals surface area contributed by atoms with E-state index in [0.29, 0.717) is 30.0 Å². The van der Waals surface area contributed by atoms with Crippen LogP contribution in [0.4, 0.5) is 5.88 Å². The van der Waals surface area contributed by atoms with Crippen LogP contribution in [0.1, 0.15) is 11.3 Å². The van der Waals surface area contributed by atoms with Crippen LogP contribution < -0.4 is 14.8 Å². The molecule has 1 heterocycles. The van der Waals surface area contributed by atoms with Crippen molar-refractivity contribution in [3.63, 3.8) is 0 Å². The number of aromatic nitrogens is 1. The molecule has 0 radical (unpaired) electrons. The summed E-state index contributed by atoms with van der Waals surface area (Å²) in [6.45, 7) is 0.499. The fraction of sp³-hybridized carbons (Fsp3) is 0.273. The van der Waals surface area contributed by atoms with Gasteiger partial charge in [0.2, 0.25) is 27.5 Å². The van der Waals surface area contributed by atoms with E-state index in [0.717, 1.165) is 9.87 Å². The van der Waals surface area contributed by atoms with E-state index < -0.39 is 10.0 Å². The molecule has 0 amide bonds. The molecular formula is C22H24N4O5S. The summed E-state index contributed by atoms with van der Waals surface area (Å²) in [6.07, 6.45) is 0.651. The summed E-state index contributed by atoms with van der Waals surface area (Å²) in [5, 5.41) is 12.5. The minimum absolute atomic E-state index is 0.123. The summed E-state index contributed by atoms with van der Waals surface area (Å²) in [7, 11) is 2.57. The second-order valence-electron chi connectivity index (χ2n) is 6.99. The maximum Gasteiger partial charge on any atom is 0.242 e. The Balaban J connectivity index is 1.73. The second kappa shape index (κ2) is 9.72. The normalized spacial score (nSPS) is 11.2. The second-order valence-corrected chi connectivity index (χ2v) is 9.14. The maximum atomic E-state index is 12.2. The lowest BCUT2D eigenvalue weighted by Crippen LogP contribution is -2.22. The number of sulfonamides is 1. The topological polar surface area (TPSA) is 118 Å². The highest BCUT2D eigenvalue weighted by molar-refractivity contribution is 7.89. The van der Waals surface area contributed by atoms with Crippen molar-refractivity contribution >= 4 is 15.9 Å². The van der Waals surface area contributed by atoms with Crippen LogP contribution in [-0.4, -0.2) is 52.6 Å². The first-order valence-corrected chi connectivity index (χ1v) is 11.1. The Bertz CT molecular complexity index is 1230. The molecule has 0 bridgehead atoms. The van der Waals surface area contributed by atoms with Crippen LogP contribution in [0, 0.1) is 11.3 Å². The number of hydrogen-bond donors (Lipinski definition) is 1.